The largest absolute Gasteiger partial charge is 0.480 e. The van der Waals surface area contributed by atoms with Crippen LogP contribution in [0.3, 0.4) is 0 Å². The topological polar surface area (TPSA) is 103 Å². The summed E-state index contributed by atoms with van der Waals surface area (Å²) in [5.74, 6) is -1.02. The number of carboxylic acid groups (broad SMARTS) is 1. The van der Waals surface area contributed by atoms with Crippen molar-refractivity contribution in [3.05, 3.63) is 35.5 Å². The fraction of sp³-hybridized carbons (Fsp3) is 0.167. The SMILES string of the molecule is N#Cc1ccc2c(C[C@H](N)C(=O)O)c[nH]c2c1. The molecule has 1 heterocycles. The number of fused-ring (bicyclic) bond motifs is 1. The fourth-order valence-electron chi connectivity index (χ4n) is 1.75. The maximum absolute atomic E-state index is 10.7. The van der Waals surface area contributed by atoms with E-state index in [-0.39, 0.29) is 6.42 Å². The average Bonchev–Trinajstić information content (AvgIpc) is 2.71. The minimum absolute atomic E-state index is 0.265. The summed E-state index contributed by atoms with van der Waals surface area (Å²) in [5.41, 5.74) is 7.72. The van der Waals surface area contributed by atoms with Gasteiger partial charge in [-0.1, -0.05) is 6.07 Å². The molecule has 0 aliphatic heterocycles. The Morgan fingerprint density at radius 3 is 3.00 bits per heavy atom. The van der Waals surface area contributed by atoms with Crippen molar-refractivity contribution in [1.29, 1.82) is 5.26 Å². The molecule has 0 saturated carbocycles. The lowest BCUT2D eigenvalue weighted by Crippen LogP contribution is -2.32. The third-order valence-corrected chi connectivity index (χ3v) is 2.65. The molecule has 2 rings (SSSR count). The third-order valence-electron chi connectivity index (χ3n) is 2.65. The van der Waals surface area contributed by atoms with E-state index >= 15 is 0 Å². The molecule has 0 bridgehead atoms. The van der Waals surface area contributed by atoms with Crippen molar-refractivity contribution in [3.8, 4) is 6.07 Å². The van der Waals surface area contributed by atoms with Gasteiger partial charge in [0, 0.05) is 23.5 Å². The van der Waals surface area contributed by atoms with Gasteiger partial charge in [0.1, 0.15) is 6.04 Å². The number of rotatable bonds is 3. The van der Waals surface area contributed by atoms with Gasteiger partial charge in [-0.3, -0.25) is 4.79 Å². The first-order chi connectivity index (χ1) is 8.11. The number of carbonyl (C=O) groups is 1. The van der Waals surface area contributed by atoms with E-state index in [1.807, 2.05) is 6.07 Å². The molecule has 1 aromatic heterocycles. The van der Waals surface area contributed by atoms with Gasteiger partial charge < -0.3 is 15.8 Å². The van der Waals surface area contributed by atoms with Crippen molar-refractivity contribution in [1.82, 2.24) is 4.98 Å². The summed E-state index contributed by atoms with van der Waals surface area (Å²) < 4.78 is 0. The minimum Gasteiger partial charge on any atom is -0.480 e. The fourth-order valence-corrected chi connectivity index (χ4v) is 1.75. The van der Waals surface area contributed by atoms with E-state index in [0.717, 1.165) is 16.5 Å². The Morgan fingerprint density at radius 2 is 2.35 bits per heavy atom. The highest BCUT2D eigenvalue weighted by atomic mass is 16.4. The third kappa shape index (κ3) is 2.12. The van der Waals surface area contributed by atoms with Gasteiger partial charge in [0.15, 0.2) is 0 Å². The van der Waals surface area contributed by atoms with Crippen LogP contribution >= 0.6 is 0 Å². The predicted molar refractivity (Wildman–Crippen MR) is 62.3 cm³/mol. The molecule has 5 nitrogen and oxygen atoms in total. The number of aromatic amines is 1. The second-order valence-electron chi connectivity index (χ2n) is 3.83. The molecule has 0 amide bonds. The van der Waals surface area contributed by atoms with E-state index < -0.39 is 12.0 Å². The molecular formula is C12H11N3O2. The standard InChI is InChI=1S/C12H11N3O2/c13-5-7-1-2-9-8(4-10(14)12(16)17)6-15-11(9)3-7/h1-3,6,10,15H,4,14H2,(H,16,17)/t10-/m0/s1. The molecule has 86 valence electrons. The number of nitriles is 1. The molecule has 1 aromatic carbocycles. The molecule has 5 heteroatoms. The maximum Gasteiger partial charge on any atom is 0.320 e. The van der Waals surface area contributed by atoms with Crippen LogP contribution in [0.15, 0.2) is 24.4 Å². The van der Waals surface area contributed by atoms with Gasteiger partial charge in [-0.15, -0.1) is 0 Å². The molecule has 1 atom stereocenters. The highest BCUT2D eigenvalue weighted by molar-refractivity contribution is 5.85. The smallest absolute Gasteiger partial charge is 0.320 e. The Hall–Kier alpha value is -2.32. The van der Waals surface area contributed by atoms with Gasteiger partial charge in [-0.2, -0.15) is 5.26 Å². The van der Waals surface area contributed by atoms with Crippen LogP contribution in [0.5, 0.6) is 0 Å². The average molecular weight is 229 g/mol. The monoisotopic (exact) mass is 229 g/mol. The van der Waals surface area contributed by atoms with Crippen molar-refractivity contribution >= 4 is 16.9 Å². The number of H-pyrrole nitrogens is 1. The Morgan fingerprint density at radius 1 is 1.59 bits per heavy atom. The Kier molecular flexibility index (Phi) is 2.81. The molecule has 0 saturated heterocycles. The molecule has 4 N–H and O–H groups in total. The quantitative estimate of drug-likeness (QED) is 0.730. The van der Waals surface area contributed by atoms with Crippen molar-refractivity contribution in [3.63, 3.8) is 0 Å². The van der Waals surface area contributed by atoms with Gasteiger partial charge in [-0.05, 0) is 17.7 Å². The van der Waals surface area contributed by atoms with E-state index in [4.69, 9.17) is 16.1 Å². The Balaban J connectivity index is 2.37. The summed E-state index contributed by atoms with van der Waals surface area (Å²) in [6.07, 6.45) is 2.00. The van der Waals surface area contributed by atoms with Crippen LogP contribution in [0.2, 0.25) is 0 Å². The maximum atomic E-state index is 10.7. The second kappa shape index (κ2) is 4.28. The van der Waals surface area contributed by atoms with Gasteiger partial charge in [0.2, 0.25) is 0 Å². The number of benzene rings is 1. The zero-order valence-electron chi connectivity index (χ0n) is 8.97. The van der Waals surface area contributed by atoms with Gasteiger partial charge in [0.25, 0.3) is 0 Å². The number of nitrogens with zero attached hydrogens (tertiary/aromatic N) is 1. The molecule has 0 aliphatic carbocycles. The summed E-state index contributed by atoms with van der Waals surface area (Å²) >= 11 is 0. The normalized spacial score (nSPS) is 12.2. The highest BCUT2D eigenvalue weighted by Crippen LogP contribution is 2.20. The van der Waals surface area contributed by atoms with Crippen LogP contribution in [-0.4, -0.2) is 22.1 Å². The van der Waals surface area contributed by atoms with Crippen LogP contribution in [0.25, 0.3) is 10.9 Å². The van der Waals surface area contributed by atoms with Crippen LogP contribution < -0.4 is 5.73 Å². The van der Waals surface area contributed by atoms with Gasteiger partial charge in [0.05, 0.1) is 11.6 Å². The first-order valence-corrected chi connectivity index (χ1v) is 5.10. The number of hydrogen-bond donors (Lipinski definition) is 3. The molecular weight excluding hydrogens is 218 g/mol. The van der Waals surface area contributed by atoms with Crippen molar-refractivity contribution in [2.75, 3.05) is 0 Å². The molecule has 0 fully saturated rings. The predicted octanol–water partition coefficient (Wildman–Crippen LogP) is 0.994. The summed E-state index contributed by atoms with van der Waals surface area (Å²) in [6, 6.07) is 6.36. The lowest BCUT2D eigenvalue weighted by atomic mass is 10.0. The second-order valence-corrected chi connectivity index (χ2v) is 3.83. The van der Waals surface area contributed by atoms with E-state index in [0.29, 0.717) is 5.56 Å². The molecule has 2 aromatic rings. The van der Waals surface area contributed by atoms with Crippen LogP contribution in [0.1, 0.15) is 11.1 Å². The number of carboxylic acids is 1. The van der Waals surface area contributed by atoms with Gasteiger partial charge in [-0.25, -0.2) is 0 Å². The lowest BCUT2D eigenvalue weighted by molar-refractivity contribution is -0.138. The van der Waals surface area contributed by atoms with Crippen LogP contribution in [0, 0.1) is 11.3 Å². The van der Waals surface area contributed by atoms with Crippen molar-refractivity contribution in [2.45, 2.75) is 12.5 Å². The van der Waals surface area contributed by atoms with Crippen LogP contribution in [-0.2, 0) is 11.2 Å². The summed E-state index contributed by atoms with van der Waals surface area (Å²) in [6.45, 7) is 0. The number of nitrogens with two attached hydrogens (primary N) is 1. The summed E-state index contributed by atoms with van der Waals surface area (Å²) in [4.78, 5) is 13.7. The molecule has 0 unspecified atom stereocenters. The van der Waals surface area contributed by atoms with E-state index in [1.165, 1.54) is 0 Å². The van der Waals surface area contributed by atoms with E-state index in [2.05, 4.69) is 4.98 Å². The molecule has 17 heavy (non-hydrogen) atoms. The number of hydrogen-bond acceptors (Lipinski definition) is 3. The first kappa shape index (κ1) is 11.2. The minimum atomic E-state index is -1.02. The van der Waals surface area contributed by atoms with Crippen molar-refractivity contribution < 1.29 is 9.90 Å². The van der Waals surface area contributed by atoms with Crippen molar-refractivity contribution in [2.24, 2.45) is 5.73 Å². The zero-order chi connectivity index (χ0) is 12.4. The Bertz CT molecular complexity index is 610. The van der Waals surface area contributed by atoms with Crippen LogP contribution in [0.4, 0.5) is 0 Å². The first-order valence-electron chi connectivity index (χ1n) is 5.10. The molecule has 0 radical (unpaired) electrons. The summed E-state index contributed by atoms with van der Waals surface area (Å²) in [7, 11) is 0. The Labute approximate surface area is 97.5 Å². The zero-order valence-corrected chi connectivity index (χ0v) is 8.97. The van der Waals surface area contributed by atoms with E-state index in [9.17, 15) is 4.79 Å². The molecule has 0 spiro atoms. The number of aromatic nitrogens is 1. The summed E-state index contributed by atoms with van der Waals surface area (Å²) in [5, 5.41) is 18.4. The van der Waals surface area contributed by atoms with Gasteiger partial charge >= 0.3 is 5.97 Å². The molecule has 0 aliphatic rings. The lowest BCUT2D eigenvalue weighted by Gasteiger charge is -2.04. The highest BCUT2D eigenvalue weighted by Gasteiger charge is 2.14. The van der Waals surface area contributed by atoms with E-state index in [1.54, 1.807) is 24.4 Å². The number of nitrogens with one attached hydrogen (secondary N) is 1. The number of aliphatic carboxylic acids is 1.